The summed E-state index contributed by atoms with van der Waals surface area (Å²) in [5.41, 5.74) is 1.25. The number of carboxylic acids is 1. The number of para-hydroxylation sites is 1. The highest BCUT2D eigenvalue weighted by Crippen LogP contribution is 2.20. The van der Waals surface area contributed by atoms with Gasteiger partial charge in [-0.2, -0.15) is 0 Å². The fourth-order valence-electron chi connectivity index (χ4n) is 2.37. The van der Waals surface area contributed by atoms with Gasteiger partial charge in [-0.05, 0) is 24.0 Å². The third-order valence-corrected chi connectivity index (χ3v) is 3.65. The second-order valence-electron chi connectivity index (χ2n) is 5.40. The van der Waals surface area contributed by atoms with Crippen LogP contribution in [0, 0.1) is 5.92 Å². The Morgan fingerprint density at radius 3 is 2.57 bits per heavy atom. The number of anilines is 1. The molecule has 0 heterocycles. The van der Waals surface area contributed by atoms with E-state index >= 15 is 0 Å². The van der Waals surface area contributed by atoms with Gasteiger partial charge in [-0.25, -0.2) is 0 Å². The zero-order valence-electron chi connectivity index (χ0n) is 12.9. The normalized spacial score (nSPS) is 11.9. The van der Waals surface area contributed by atoms with E-state index in [0.29, 0.717) is 23.6 Å². The predicted molar refractivity (Wildman–Crippen MR) is 84.3 cm³/mol. The summed E-state index contributed by atoms with van der Waals surface area (Å²) in [6.45, 7) is 4.25. The van der Waals surface area contributed by atoms with Gasteiger partial charge in [0, 0.05) is 12.1 Å². The molecule has 0 saturated heterocycles. The van der Waals surface area contributed by atoms with Gasteiger partial charge in [-0.1, -0.05) is 51.3 Å². The number of carboxylic acid groups (broad SMARTS) is 1. The number of carbonyl (C=O) groups excluding carboxylic acids is 1. The Balaban J connectivity index is 2.63. The maximum atomic E-state index is 12.1. The first-order valence-electron chi connectivity index (χ1n) is 7.66. The van der Waals surface area contributed by atoms with Gasteiger partial charge in [0.1, 0.15) is 0 Å². The minimum absolute atomic E-state index is 0.0317. The van der Waals surface area contributed by atoms with Crippen molar-refractivity contribution in [3.63, 3.8) is 0 Å². The molecule has 0 fully saturated rings. The van der Waals surface area contributed by atoms with Gasteiger partial charge in [0.25, 0.3) is 0 Å². The van der Waals surface area contributed by atoms with Crippen molar-refractivity contribution in [2.75, 3.05) is 5.32 Å². The average molecular weight is 291 g/mol. The standard InChI is InChI=1S/C17H25NO3/c1-3-5-8-13(4-2)11-16(19)18-15-10-7-6-9-14(15)12-17(20)21/h6-7,9-10,13H,3-5,8,11-12H2,1-2H3,(H,18,19)(H,20,21). The van der Waals surface area contributed by atoms with Crippen molar-refractivity contribution in [3.05, 3.63) is 29.8 Å². The van der Waals surface area contributed by atoms with Crippen LogP contribution in [0.25, 0.3) is 0 Å². The smallest absolute Gasteiger partial charge is 0.307 e. The molecule has 0 aliphatic rings. The summed E-state index contributed by atoms with van der Waals surface area (Å²) in [5, 5.41) is 11.7. The number of benzene rings is 1. The number of hydrogen-bond donors (Lipinski definition) is 2. The lowest BCUT2D eigenvalue weighted by Crippen LogP contribution is -2.17. The van der Waals surface area contributed by atoms with Crippen LogP contribution in [-0.4, -0.2) is 17.0 Å². The summed E-state index contributed by atoms with van der Waals surface area (Å²) in [5.74, 6) is -0.529. The SMILES string of the molecule is CCCCC(CC)CC(=O)Nc1ccccc1CC(=O)O. The summed E-state index contributed by atoms with van der Waals surface area (Å²) in [6.07, 6.45) is 4.75. The van der Waals surface area contributed by atoms with Crippen LogP contribution in [0.5, 0.6) is 0 Å². The van der Waals surface area contributed by atoms with Crippen LogP contribution < -0.4 is 5.32 Å². The van der Waals surface area contributed by atoms with Crippen LogP contribution in [0.15, 0.2) is 24.3 Å². The van der Waals surface area contributed by atoms with Crippen molar-refractivity contribution >= 4 is 17.6 Å². The maximum Gasteiger partial charge on any atom is 0.307 e. The number of hydrogen-bond acceptors (Lipinski definition) is 2. The first-order chi connectivity index (χ1) is 10.1. The monoisotopic (exact) mass is 291 g/mol. The molecule has 116 valence electrons. The second-order valence-corrected chi connectivity index (χ2v) is 5.40. The third kappa shape index (κ3) is 6.43. The minimum Gasteiger partial charge on any atom is -0.481 e. The molecule has 21 heavy (non-hydrogen) atoms. The van der Waals surface area contributed by atoms with Crippen molar-refractivity contribution in [1.29, 1.82) is 0 Å². The van der Waals surface area contributed by atoms with Crippen molar-refractivity contribution in [3.8, 4) is 0 Å². The fraction of sp³-hybridized carbons (Fsp3) is 0.529. The molecule has 0 aromatic heterocycles. The van der Waals surface area contributed by atoms with E-state index in [-0.39, 0.29) is 12.3 Å². The fourth-order valence-corrected chi connectivity index (χ4v) is 2.37. The number of nitrogens with one attached hydrogen (secondary N) is 1. The molecule has 0 radical (unpaired) electrons. The van der Waals surface area contributed by atoms with E-state index in [2.05, 4.69) is 19.2 Å². The molecule has 0 aliphatic heterocycles. The molecule has 2 N–H and O–H groups in total. The summed E-state index contributed by atoms with van der Waals surface area (Å²) >= 11 is 0. The number of carbonyl (C=O) groups is 2. The van der Waals surface area contributed by atoms with Crippen LogP contribution in [0.3, 0.4) is 0 Å². The lowest BCUT2D eigenvalue weighted by Gasteiger charge is -2.15. The van der Waals surface area contributed by atoms with E-state index in [0.717, 1.165) is 25.7 Å². The predicted octanol–water partition coefficient (Wildman–Crippen LogP) is 3.86. The number of aliphatic carboxylic acids is 1. The van der Waals surface area contributed by atoms with E-state index in [1.807, 2.05) is 0 Å². The Labute approximate surface area is 126 Å². The largest absolute Gasteiger partial charge is 0.481 e. The Morgan fingerprint density at radius 1 is 1.24 bits per heavy atom. The van der Waals surface area contributed by atoms with E-state index in [1.165, 1.54) is 0 Å². The van der Waals surface area contributed by atoms with Crippen LogP contribution in [0.4, 0.5) is 5.69 Å². The van der Waals surface area contributed by atoms with Crippen molar-refractivity contribution in [2.24, 2.45) is 5.92 Å². The Hall–Kier alpha value is -1.84. The molecule has 4 heteroatoms. The van der Waals surface area contributed by atoms with Gasteiger partial charge in [-0.3, -0.25) is 9.59 Å². The molecule has 0 saturated carbocycles. The van der Waals surface area contributed by atoms with E-state index in [4.69, 9.17) is 5.11 Å². The van der Waals surface area contributed by atoms with Crippen molar-refractivity contribution in [2.45, 2.75) is 52.4 Å². The lowest BCUT2D eigenvalue weighted by atomic mass is 9.95. The molecule has 1 aromatic carbocycles. The maximum absolute atomic E-state index is 12.1. The molecule has 0 spiro atoms. The van der Waals surface area contributed by atoms with Crippen molar-refractivity contribution in [1.82, 2.24) is 0 Å². The van der Waals surface area contributed by atoms with Crippen molar-refractivity contribution < 1.29 is 14.7 Å². The highest BCUT2D eigenvalue weighted by molar-refractivity contribution is 5.92. The Kier molecular flexibility index (Phi) is 7.51. The Morgan fingerprint density at radius 2 is 1.95 bits per heavy atom. The van der Waals surface area contributed by atoms with Crippen LogP contribution >= 0.6 is 0 Å². The molecule has 0 bridgehead atoms. The van der Waals surface area contributed by atoms with Gasteiger partial charge in [0.05, 0.1) is 6.42 Å². The summed E-state index contributed by atoms with van der Waals surface area (Å²) in [4.78, 5) is 23.0. The quantitative estimate of drug-likeness (QED) is 0.726. The minimum atomic E-state index is -0.897. The van der Waals surface area contributed by atoms with Gasteiger partial charge in [-0.15, -0.1) is 0 Å². The number of unbranched alkanes of at least 4 members (excludes halogenated alkanes) is 1. The number of rotatable bonds is 9. The van der Waals surface area contributed by atoms with Gasteiger partial charge in [0.15, 0.2) is 0 Å². The second kappa shape index (κ2) is 9.16. The lowest BCUT2D eigenvalue weighted by molar-refractivity contribution is -0.136. The van der Waals surface area contributed by atoms with Crippen LogP contribution in [0.1, 0.15) is 51.5 Å². The molecule has 1 amide bonds. The molecule has 1 aromatic rings. The Bertz CT molecular complexity index is 471. The molecule has 4 nitrogen and oxygen atoms in total. The first-order valence-corrected chi connectivity index (χ1v) is 7.66. The van der Waals surface area contributed by atoms with E-state index in [1.54, 1.807) is 24.3 Å². The molecule has 1 rings (SSSR count). The van der Waals surface area contributed by atoms with Gasteiger partial charge in [0.2, 0.25) is 5.91 Å². The summed E-state index contributed by atoms with van der Waals surface area (Å²) in [6, 6.07) is 7.07. The van der Waals surface area contributed by atoms with E-state index in [9.17, 15) is 9.59 Å². The zero-order valence-corrected chi connectivity index (χ0v) is 12.9. The zero-order chi connectivity index (χ0) is 15.7. The van der Waals surface area contributed by atoms with Gasteiger partial charge >= 0.3 is 5.97 Å². The van der Waals surface area contributed by atoms with E-state index < -0.39 is 5.97 Å². The molecule has 0 aliphatic carbocycles. The summed E-state index contributed by atoms with van der Waals surface area (Å²) < 4.78 is 0. The highest BCUT2D eigenvalue weighted by Gasteiger charge is 2.14. The molecular formula is C17H25NO3. The van der Waals surface area contributed by atoms with Crippen LogP contribution in [0.2, 0.25) is 0 Å². The third-order valence-electron chi connectivity index (χ3n) is 3.65. The van der Waals surface area contributed by atoms with Crippen LogP contribution in [-0.2, 0) is 16.0 Å². The molecule has 1 atom stereocenters. The number of amides is 1. The highest BCUT2D eigenvalue weighted by atomic mass is 16.4. The molecule has 1 unspecified atom stereocenters. The topological polar surface area (TPSA) is 66.4 Å². The molecular weight excluding hydrogens is 266 g/mol. The summed E-state index contributed by atoms with van der Waals surface area (Å²) in [7, 11) is 0. The first kappa shape index (κ1) is 17.2. The average Bonchev–Trinajstić information content (AvgIpc) is 2.45. The van der Waals surface area contributed by atoms with Gasteiger partial charge < -0.3 is 10.4 Å².